The van der Waals surface area contributed by atoms with Crippen LogP contribution in [-0.2, 0) is 20.9 Å². The third-order valence-corrected chi connectivity index (χ3v) is 4.62. The van der Waals surface area contributed by atoms with Crippen molar-refractivity contribution >= 4 is 23.5 Å². The first kappa shape index (κ1) is 18.5. The number of carbonyl (C=O) groups is 3. The van der Waals surface area contributed by atoms with Gasteiger partial charge in [0, 0.05) is 23.4 Å². The lowest BCUT2D eigenvalue weighted by Gasteiger charge is -2.16. The lowest BCUT2D eigenvalue weighted by molar-refractivity contribution is -0.148. The minimum absolute atomic E-state index is 0.179. The van der Waals surface area contributed by atoms with Gasteiger partial charge in [-0.15, -0.1) is 0 Å². The van der Waals surface area contributed by atoms with Gasteiger partial charge >= 0.3 is 5.97 Å². The Hall–Kier alpha value is -3.81. The zero-order valence-corrected chi connectivity index (χ0v) is 15.5. The number of esters is 1. The van der Waals surface area contributed by atoms with E-state index in [2.05, 4.69) is 11.9 Å². The highest BCUT2D eigenvalue weighted by atomic mass is 16.7. The first-order chi connectivity index (χ1) is 14.0. The van der Waals surface area contributed by atoms with Crippen molar-refractivity contribution in [2.45, 2.75) is 6.54 Å². The lowest BCUT2D eigenvalue weighted by Crippen LogP contribution is -2.33. The number of carbonyl (C=O) groups excluding carboxylic acids is 3. The van der Waals surface area contributed by atoms with Crippen molar-refractivity contribution in [1.82, 2.24) is 10.2 Å². The van der Waals surface area contributed by atoms with Gasteiger partial charge in [-0.05, 0) is 23.8 Å². The number of ether oxygens (including phenoxy) is 3. The summed E-state index contributed by atoms with van der Waals surface area (Å²) in [5.74, 6) is -0.167. The molecule has 29 heavy (non-hydrogen) atoms. The van der Waals surface area contributed by atoms with Gasteiger partial charge < -0.3 is 19.5 Å². The van der Waals surface area contributed by atoms with Crippen LogP contribution in [0.15, 0.2) is 49.0 Å². The van der Waals surface area contributed by atoms with Gasteiger partial charge in [0.15, 0.2) is 18.1 Å². The predicted octanol–water partition coefficient (Wildman–Crippen LogP) is 1.70. The maximum atomic E-state index is 12.4. The summed E-state index contributed by atoms with van der Waals surface area (Å²) in [6, 6.07) is 12.3. The molecule has 1 N–H and O–H groups in total. The van der Waals surface area contributed by atoms with E-state index in [4.69, 9.17) is 14.2 Å². The summed E-state index contributed by atoms with van der Waals surface area (Å²) in [5, 5.41) is 2.66. The third-order valence-electron chi connectivity index (χ3n) is 4.62. The molecular weight excluding hydrogens is 376 g/mol. The van der Waals surface area contributed by atoms with E-state index in [0.717, 1.165) is 5.56 Å². The molecule has 2 aromatic carbocycles. The fourth-order valence-electron chi connectivity index (χ4n) is 3.13. The van der Waals surface area contributed by atoms with Crippen molar-refractivity contribution in [3.8, 4) is 11.5 Å². The molecule has 0 atom stereocenters. The zero-order chi connectivity index (χ0) is 20.4. The van der Waals surface area contributed by atoms with E-state index in [-0.39, 0.29) is 25.8 Å². The van der Waals surface area contributed by atoms with E-state index < -0.39 is 18.5 Å². The van der Waals surface area contributed by atoms with Crippen molar-refractivity contribution in [3.05, 3.63) is 65.7 Å². The molecule has 0 spiro atoms. The largest absolute Gasteiger partial charge is 0.454 e. The zero-order valence-electron chi connectivity index (χ0n) is 15.5. The van der Waals surface area contributed by atoms with Gasteiger partial charge in [0.2, 0.25) is 6.79 Å². The minimum atomic E-state index is -0.689. The average Bonchev–Trinajstić information content (AvgIpc) is 3.29. The molecule has 4 rings (SSSR count). The van der Waals surface area contributed by atoms with Crippen LogP contribution in [0.1, 0.15) is 21.5 Å². The van der Waals surface area contributed by atoms with Crippen LogP contribution < -0.4 is 14.8 Å². The molecule has 0 aliphatic carbocycles. The van der Waals surface area contributed by atoms with Crippen molar-refractivity contribution in [1.29, 1.82) is 0 Å². The molecule has 2 aromatic rings. The Balaban J connectivity index is 1.24. The van der Waals surface area contributed by atoms with Gasteiger partial charge in [-0.3, -0.25) is 19.3 Å². The molecular formula is C21H18N2O6. The molecule has 0 unspecified atom stereocenters. The van der Waals surface area contributed by atoms with E-state index in [9.17, 15) is 14.4 Å². The van der Waals surface area contributed by atoms with E-state index in [0.29, 0.717) is 28.3 Å². The fraction of sp³-hybridized carbons (Fsp3) is 0.190. The number of benzene rings is 2. The molecule has 8 nitrogen and oxygen atoms in total. The van der Waals surface area contributed by atoms with Gasteiger partial charge in [0.1, 0.15) is 6.54 Å². The standard InChI is InChI=1S/C21H18N2O6/c1-13-15-4-2-3-5-16(15)21(26)23(13)10-20(25)27-11-19(24)22-9-14-6-7-17-18(8-14)29-12-28-17/h2-8H,1,9-12H2,(H,22,24). The van der Waals surface area contributed by atoms with E-state index in [1.807, 2.05) is 6.07 Å². The molecule has 2 amide bonds. The van der Waals surface area contributed by atoms with Crippen LogP contribution in [0.5, 0.6) is 11.5 Å². The molecule has 2 aliphatic heterocycles. The first-order valence-corrected chi connectivity index (χ1v) is 8.94. The molecule has 0 bridgehead atoms. The highest BCUT2D eigenvalue weighted by Crippen LogP contribution is 2.32. The van der Waals surface area contributed by atoms with Crippen LogP contribution in [0.4, 0.5) is 0 Å². The Labute approximate surface area is 166 Å². The molecule has 2 heterocycles. The molecule has 0 fully saturated rings. The predicted molar refractivity (Wildman–Crippen MR) is 102 cm³/mol. The number of nitrogens with zero attached hydrogens (tertiary/aromatic N) is 1. The van der Waals surface area contributed by atoms with E-state index >= 15 is 0 Å². The van der Waals surface area contributed by atoms with Gasteiger partial charge in [-0.1, -0.05) is 30.8 Å². The van der Waals surface area contributed by atoms with Gasteiger partial charge in [0.05, 0.1) is 0 Å². The van der Waals surface area contributed by atoms with Gasteiger partial charge in [0.25, 0.3) is 11.8 Å². The van der Waals surface area contributed by atoms with Gasteiger partial charge in [-0.2, -0.15) is 0 Å². The monoisotopic (exact) mass is 394 g/mol. The van der Waals surface area contributed by atoms with Crippen molar-refractivity contribution in [2.24, 2.45) is 0 Å². The Kier molecular flexibility index (Phi) is 4.90. The topological polar surface area (TPSA) is 94.2 Å². The lowest BCUT2D eigenvalue weighted by atomic mass is 10.1. The average molecular weight is 394 g/mol. The number of rotatable bonds is 6. The maximum absolute atomic E-state index is 12.4. The van der Waals surface area contributed by atoms with Crippen molar-refractivity contribution < 1.29 is 28.6 Å². The van der Waals surface area contributed by atoms with Crippen molar-refractivity contribution in [2.75, 3.05) is 19.9 Å². The normalized spacial score (nSPS) is 14.0. The second kappa shape index (κ2) is 7.67. The Morgan fingerprint density at radius 3 is 2.66 bits per heavy atom. The molecule has 0 aromatic heterocycles. The minimum Gasteiger partial charge on any atom is -0.454 e. The first-order valence-electron chi connectivity index (χ1n) is 8.94. The number of fused-ring (bicyclic) bond motifs is 2. The summed E-state index contributed by atoms with van der Waals surface area (Å²) >= 11 is 0. The SMILES string of the molecule is C=C1c2ccccc2C(=O)N1CC(=O)OCC(=O)NCc1ccc2c(c1)OCO2. The second-order valence-corrected chi connectivity index (χ2v) is 6.51. The highest BCUT2D eigenvalue weighted by molar-refractivity contribution is 6.10. The summed E-state index contributed by atoms with van der Waals surface area (Å²) in [7, 11) is 0. The third kappa shape index (κ3) is 3.77. The quantitative estimate of drug-likeness (QED) is 0.750. The highest BCUT2D eigenvalue weighted by Gasteiger charge is 2.32. The van der Waals surface area contributed by atoms with Gasteiger partial charge in [-0.25, -0.2) is 0 Å². The molecule has 0 saturated heterocycles. The summed E-state index contributed by atoms with van der Waals surface area (Å²) in [5.41, 5.74) is 2.44. The molecule has 148 valence electrons. The van der Waals surface area contributed by atoms with Crippen LogP contribution >= 0.6 is 0 Å². The van der Waals surface area contributed by atoms with Crippen molar-refractivity contribution in [3.63, 3.8) is 0 Å². The van der Waals surface area contributed by atoms with Crippen LogP contribution in [0, 0.1) is 0 Å². The fourth-order valence-corrected chi connectivity index (χ4v) is 3.13. The summed E-state index contributed by atoms with van der Waals surface area (Å²) in [6.45, 7) is 3.55. The maximum Gasteiger partial charge on any atom is 0.326 e. The van der Waals surface area contributed by atoms with E-state index in [1.54, 1.807) is 36.4 Å². The number of nitrogens with one attached hydrogen (secondary N) is 1. The molecule has 8 heteroatoms. The van der Waals surface area contributed by atoms with Crippen LogP contribution in [0.3, 0.4) is 0 Å². The smallest absolute Gasteiger partial charge is 0.326 e. The molecule has 2 aliphatic rings. The molecule has 0 radical (unpaired) electrons. The number of amides is 2. The second-order valence-electron chi connectivity index (χ2n) is 6.51. The number of hydrogen-bond acceptors (Lipinski definition) is 6. The Morgan fingerprint density at radius 1 is 1.10 bits per heavy atom. The Morgan fingerprint density at radius 2 is 1.86 bits per heavy atom. The summed E-state index contributed by atoms with van der Waals surface area (Å²) in [4.78, 5) is 37.7. The summed E-state index contributed by atoms with van der Waals surface area (Å²) in [6.07, 6.45) is 0. The number of hydrogen-bond donors (Lipinski definition) is 1. The Bertz CT molecular complexity index is 981. The summed E-state index contributed by atoms with van der Waals surface area (Å²) < 4.78 is 15.5. The van der Waals surface area contributed by atoms with Crippen LogP contribution in [0.25, 0.3) is 5.70 Å². The van der Waals surface area contributed by atoms with Crippen LogP contribution in [0.2, 0.25) is 0 Å². The van der Waals surface area contributed by atoms with E-state index in [1.165, 1.54) is 4.90 Å². The van der Waals surface area contributed by atoms with Crippen LogP contribution in [-0.4, -0.2) is 42.6 Å². The molecule has 0 saturated carbocycles.